The topological polar surface area (TPSA) is 50.8 Å². The Bertz CT molecular complexity index is 1090. The molecule has 0 saturated carbocycles. The molecule has 1 amide bonds. The molecule has 2 aromatic rings. The summed E-state index contributed by atoms with van der Waals surface area (Å²) in [4.78, 5) is 14.7. The molecule has 5 nitrogen and oxygen atoms in total. The minimum atomic E-state index is -4.99. The van der Waals surface area contributed by atoms with Crippen LogP contribution < -0.4 is 10.1 Å². The predicted octanol–water partition coefficient (Wildman–Crippen LogP) is 4.76. The number of methoxy groups -OCH3 is 2. The predicted molar refractivity (Wildman–Crippen MR) is 123 cm³/mol. The highest BCUT2D eigenvalue weighted by Crippen LogP contribution is 2.52. The summed E-state index contributed by atoms with van der Waals surface area (Å²) >= 11 is 0. The summed E-state index contributed by atoms with van der Waals surface area (Å²) in [7, 11) is 2.20. The standard InChI is InChI=1S/C26H29F5N2O3/c1-35-22-19(14-18(27)15-21(22)28)20-16-32-11-8-24(20)9-12-33(13-10-24)23(34)25(36-2,26(29,30)31)17-6-4-3-5-7-17/h3-7,14-15,20,32H,8-13,16H2,1-2H3/t20?,25-/m1/s1. The Balaban J connectivity index is 1.64. The molecule has 1 N–H and O–H groups in total. The van der Waals surface area contributed by atoms with Crippen molar-refractivity contribution in [2.45, 2.75) is 37.0 Å². The first-order chi connectivity index (χ1) is 17.1. The number of alkyl halides is 3. The van der Waals surface area contributed by atoms with Crippen molar-refractivity contribution in [3.05, 3.63) is 65.2 Å². The number of nitrogens with zero attached hydrogens (tertiary/aromatic N) is 1. The van der Waals surface area contributed by atoms with Gasteiger partial charge in [-0.05, 0) is 37.3 Å². The average Bonchev–Trinajstić information content (AvgIpc) is 2.85. The SMILES string of the molecule is COc1c(F)cc(F)cc1C1CNCCC12CCN(C(=O)[C@](OC)(c1ccccc1)C(F)(F)F)CC2. The number of likely N-dealkylation sites (tertiary alicyclic amines) is 1. The minimum Gasteiger partial charge on any atom is -0.493 e. The molecule has 0 radical (unpaired) electrons. The Hall–Kier alpha value is -2.72. The third kappa shape index (κ3) is 4.34. The van der Waals surface area contributed by atoms with Gasteiger partial charge in [0.1, 0.15) is 5.82 Å². The number of nitrogens with one attached hydrogen (secondary N) is 1. The number of halogens is 5. The molecule has 2 saturated heterocycles. The van der Waals surface area contributed by atoms with Gasteiger partial charge in [-0.15, -0.1) is 0 Å². The van der Waals surface area contributed by atoms with Crippen molar-refractivity contribution < 1.29 is 36.2 Å². The minimum absolute atomic E-state index is 0.0393. The zero-order chi connectivity index (χ0) is 26.1. The summed E-state index contributed by atoms with van der Waals surface area (Å²) in [5.74, 6) is -3.08. The fraction of sp³-hybridized carbons (Fsp3) is 0.500. The van der Waals surface area contributed by atoms with E-state index in [4.69, 9.17) is 9.47 Å². The molecule has 2 heterocycles. The lowest BCUT2D eigenvalue weighted by Crippen LogP contribution is -2.59. The Labute approximate surface area is 206 Å². The van der Waals surface area contributed by atoms with Crippen molar-refractivity contribution in [2.75, 3.05) is 40.4 Å². The van der Waals surface area contributed by atoms with Crippen LogP contribution in [-0.4, -0.2) is 57.4 Å². The lowest BCUT2D eigenvalue weighted by atomic mass is 9.62. The third-order valence-corrected chi connectivity index (χ3v) is 7.74. The number of piperidine rings is 2. The van der Waals surface area contributed by atoms with Crippen LogP contribution >= 0.6 is 0 Å². The number of ether oxygens (including phenoxy) is 2. The van der Waals surface area contributed by atoms with E-state index in [1.165, 1.54) is 42.3 Å². The van der Waals surface area contributed by atoms with Crippen molar-refractivity contribution in [3.8, 4) is 5.75 Å². The number of hydrogen-bond donors (Lipinski definition) is 1. The molecular formula is C26H29F5N2O3. The van der Waals surface area contributed by atoms with Crippen LogP contribution in [0.15, 0.2) is 42.5 Å². The summed E-state index contributed by atoms with van der Waals surface area (Å²) < 4.78 is 82.0. The van der Waals surface area contributed by atoms with Crippen LogP contribution in [-0.2, 0) is 15.1 Å². The summed E-state index contributed by atoms with van der Waals surface area (Å²) in [6, 6.07) is 8.90. The van der Waals surface area contributed by atoms with Gasteiger partial charge in [0.2, 0.25) is 0 Å². The molecule has 36 heavy (non-hydrogen) atoms. The van der Waals surface area contributed by atoms with E-state index in [0.717, 1.165) is 13.2 Å². The number of benzene rings is 2. The number of amides is 1. The highest BCUT2D eigenvalue weighted by atomic mass is 19.4. The van der Waals surface area contributed by atoms with Crippen molar-refractivity contribution in [2.24, 2.45) is 5.41 Å². The molecule has 4 rings (SSSR count). The van der Waals surface area contributed by atoms with E-state index in [0.29, 0.717) is 37.9 Å². The van der Waals surface area contributed by atoms with Crippen LogP contribution in [0, 0.1) is 17.0 Å². The second-order valence-electron chi connectivity index (χ2n) is 9.42. The number of hydrogen-bond acceptors (Lipinski definition) is 4. The van der Waals surface area contributed by atoms with Gasteiger partial charge in [0, 0.05) is 49.9 Å². The first-order valence-corrected chi connectivity index (χ1v) is 11.8. The Kier molecular flexibility index (Phi) is 7.30. The fourth-order valence-electron chi connectivity index (χ4n) is 5.85. The molecule has 1 unspecified atom stereocenters. The molecule has 2 fully saturated rings. The van der Waals surface area contributed by atoms with Gasteiger partial charge in [-0.25, -0.2) is 8.78 Å². The van der Waals surface area contributed by atoms with Crippen molar-refractivity contribution in [1.82, 2.24) is 10.2 Å². The largest absolute Gasteiger partial charge is 0.493 e. The summed E-state index contributed by atoms with van der Waals surface area (Å²) in [6.07, 6.45) is -3.59. The molecule has 0 aliphatic carbocycles. The molecular weight excluding hydrogens is 483 g/mol. The number of rotatable bonds is 5. The van der Waals surface area contributed by atoms with Crippen molar-refractivity contribution in [3.63, 3.8) is 0 Å². The highest BCUT2D eigenvalue weighted by Gasteiger charge is 2.64. The normalized spacial score (nSPS) is 21.8. The van der Waals surface area contributed by atoms with E-state index in [1.54, 1.807) is 6.07 Å². The lowest BCUT2D eigenvalue weighted by molar-refractivity contribution is -0.271. The fourth-order valence-corrected chi connectivity index (χ4v) is 5.85. The van der Waals surface area contributed by atoms with E-state index in [-0.39, 0.29) is 30.3 Å². The van der Waals surface area contributed by atoms with E-state index in [9.17, 15) is 26.7 Å². The molecule has 2 atom stereocenters. The van der Waals surface area contributed by atoms with Crippen LogP contribution in [0.3, 0.4) is 0 Å². The molecule has 10 heteroatoms. The van der Waals surface area contributed by atoms with Gasteiger partial charge in [-0.3, -0.25) is 4.79 Å². The lowest BCUT2D eigenvalue weighted by Gasteiger charge is -2.51. The summed E-state index contributed by atoms with van der Waals surface area (Å²) in [5, 5.41) is 3.25. The van der Waals surface area contributed by atoms with Gasteiger partial charge in [-0.1, -0.05) is 30.3 Å². The maximum Gasteiger partial charge on any atom is 0.430 e. The third-order valence-electron chi connectivity index (χ3n) is 7.74. The van der Waals surface area contributed by atoms with E-state index < -0.39 is 34.7 Å². The molecule has 1 spiro atoms. The molecule has 2 aliphatic rings. The van der Waals surface area contributed by atoms with Crippen molar-refractivity contribution in [1.29, 1.82) is 0 Å². The second-order valence-corrected chi connectivity index (χ2v) is 9.42. The van der Waals surface area contributed by atoms with Crippen LogP contribution in [0.2, 0.25) is 0 Å². The first kappa shape index (κ1) is 26.3. The van der Waals surface area contributed by atoms with Gasteiger partial charge < -0.3 is 19.7 Å². The first-order valence-electron chi connectivity index (χ1n) is 11.8. The molecule has 0 aromatic heterocycles. The smallest absolute Gasteiger partial charge is 0.430 e. The second kappa shape index (κ2) is 9.97. The van der Waals surface area contributed by atoms with Gasteiger partial charge in [-0.2, -0.15) is 13.2 Å². The van der Waals surface area contributed by atoms with Crippen LogP contribution in [0.1, 0.15) is 36.3 Å². The maximum atomic E-state index is 14.5. The molecule has 0 bridgehead atoms. The van der Waals surface area contributed by atoms with Gasteiger partial charge >= 0.3 is 6.18 Å². The number of carbonyl (C=O) groups excluding carboxylic acids is 1. The van der Waals surface area contributed by atoms with E-state index in [1.807, 2.05) is 0 Å². The molecule has 2 aliphatic heterocycles. The van der Waals surface area contributed by atoms with Crippen LogP contribution in [0.5, 0.6) is 5.75 Å². The quantitative estimate of drug-likeness (QED) is 0.587. The zero-order valence-corrected chi connectivity index (χ0v) is 20.1. The monoisotopic (exact) mass is 512 g/mol. The average molecular weight is 513 g/mol. The molecule has 2 aromatic carbocycles. The molecule has 196 valence electrons. The van der Waals surface area contributed by atoms with Crippen LogP contribution in [0.25, 0.3) is 0 Å². The Morgan fingerprint density at radius 3 is 2.31 bits per heavy atom. The number of carbonyl (C=O) groups is 1. The van der Waals surface area contributed by atoms with Gasteiger partial charge in [0.15, 0.2) is 11.6 Å². The van der Waals surface area contributed by atoms with Crippen LogP contribution in [0.4, 0.5) is 22.0 Å². The summed E-state index contributed by atoms with van der Waals surface area (Å²) in [6.45, 7) is 1.20. The van der Waals surface area contributed by atoms with E-state index in [2.05, 4.69) is 5.32 Å². The maximum absolute atomic E-state index is 14.5. The van der Waals surface area contributed by atoms with Gasteiger partial charge in [0.25, 0.3) is 11.5 Å². The summed E-state index contributed by atoms with van der Waals surface area (Å²) in [5.41, 5.74) is -3.49. The van der Waals surface area contributed by atoms with Crippen molar-refractivity contribution >= 4 is 5.91 Å². The van der Waals surface area contributed by atoms with E-state index >= 15 is 0 Å². The Morgan fingerprint density at radius 2 is 1.72 bits per heavy atom. The Morgan fingerprint density at radius 1 is 1.06 bits per heavy atom. The highest BCUT2D eigenvalue weighted by molar-refractivity contribution is 5.88. The zero-order valence-electron chi connectivity index (χ0n) is 20.1. The van der Waals surface area contributed by atoms with Gasteiger partial charge in [0.05, 0.1) is 7.11 Å².